The molecule has 264 valence electrons. The Labute approximate surface area is 284 Å². The van der Waals surface area contributed by atoms with Gasteiger partial charge in [0.05, 0.1) is 25.0 Å². The van der Waals surface area contributed by atoms with Crippen molar-refractivity contribution < 1.29 is 5.11 Å². The second-order valence-electron chi connectivity index (χ2n) is 14.4. The molecule has 0 aromatic carbocycles. The van der Waals surface area contributed by atoms with Crippen LogP contribution in [0.4, 0.5) is 0 Å². The fourth-order valence-corrected chi connectivity index (χ4v) is 7.43. The second kappa shape index (κ2) is 34.1. The summed E-state index contributed by atoms with van der Waals surface area (Å²) >= 11 is 0. The Hall–Kier alpha value is -0.280. The van der Waals surface area contributed by atoms with Crippen LogP contribution in [0.2, 0.25) is 0 Å². The van der Waals surface area contributed by atoms with Gasteiger partial charge in [0.25, 0.3) is 0 Å². The molecule has 1 aliphatic rings. The van der Waals surface area contributed by atoms with Crippen molar-refractivity contribution in [1.29, 1.82) is 0 Å². The molecule has 3 atom stereocenters. The van der Waals surface area contributed by atoms with E-state index in [4.69, 9.17) is 0 Å². The molecule has 0 spiro atoms. The lowest BCUT2D eigenvalue weighted by Crippen LogP contribution is -2.46. The molecule has 0 radical (unpaired) electrons. The third-order valence-corrected chi connectivity index (χ3v) is 10.2. The molecule has 44 heavy (non-hydrogen) atoms. The monoisotopic (exact) mass is 641 g/mol. The number of halogens is 1. The lowest BCUT2D eigenvalue weighted by molar-refractivity contribution is 0.0608. The predicted molar refractivity (Wildman–Crippen MR) is 201 cm³/mol. The van der Waals surface area contributed by atoms with Crippen molar-refractivity contribution in [2.45, 2.75) is 232 Å². The number of aliphatic hydroxyl groups excluding tert-OH is 1. The summed E-state index contributed by atoms with van der Waals surface area (Å²) in [5, 5.41) is 10.8. The number of aliphatic hydroxyl groups is 1. The van der Waals surface area contributed by atoms with Gasteiger partial charge in [-0.25, -0.2) is 0 Å². The molecule has 0 amide bonds. The molecule has 4 heteroatoms. The van der Waals surface area contributed by atoms with Gasteiger partial charge in [0, 0.05) is 6.54 Å². The summed E-state index contributed by atoms with van der Waals surface area (Å²) in [4.78, 5) is 6.86. The van der Waals surface area contributed by atoms with Crippen molar-refractivity contribution in [1.82, 2.24) is 4.90 Å². The zero-order valence-electron chi connectivity index (χ0n) is 30.4. The Balaban J connectivity index is 0.0000185. The first-order valence-corrected chi connectivity index (χ1v) is 20.1. The Bertz CT molecular complexity index is 584. The summed E-state index contributed by atoms with van der Waals surface area (Å²) in [7, 11) is 0. The van der Waals surface area contributed by atoms with Gasteiger partial charge >= 0.3 is 0 Å². The Kier molecular flexibility index (Phi) is 33.8. The first-order valence-electron chi connectivity index (χ1n) is 20.1. The van der Waals surface area contributed by atoms with Crippen molar-refractivity contribution in [2.75, 3.05) is 13.1 Å². The highest BCUT2D eigenvalue weighted by Gasteiger charge is 2.30. The van der Waals surface area contributed by atoms with E-state index >= 15 is 0 Å². The van der Waals surface area contributed by atoms with Crippen molar-refractivity contribution in [3.63, 3.8) is 0 Å². The van der Waals surface area contributed by atoms with Gasteiger partial charge in [0.15, 0.2) is 0 Å². The number of rotatable bonds is 34. The van der Waals surface area contributed by atoms with E-state index < -0.39 is 0 Å². The number of unbranched alkanes of at least 4 members (excludes halogenated alkanes) is 27. The van der Waals surface area contributed by atoms with Crippen LogP contribution in [0, 0.1) is 5.92 Å². The maximum Gasteiger partial charge on any atom is 0.0854 e. The summed E-state index contributed by atoms with van der Waals surface area (Å²) in [5.74, 6) is 0.601. The number of aliphatic imine (C=N–C) groups is 1. The van der Waals surface area contributed by atoms with E-state index in [0.717, 1.165) is 13.1 Å². The summed E-state index contributed by atoms with van der Waals surface area (Å²) in [6.07, 6.45) is 45.5. The molecule has 0 saturated heterocycles. The molecular formula is C40H81ClN2O. The SMILES string of the molecule is CCCCCCCCCCCCCCCCCC(CCCCCCCCCCCCCCCC)C(C(C)O)N1C=NCC1.Cl. The zero-order chi connectivity index (χ0) is 31.1. The van der Waals surface area contributed by atoms with Crippen LogP contribution in [-0.2, 0) is 0 Å². The summed E-state index contributed by atoms with van der Waals surface area (Å²) in [6, 6.07) is 0.250. The second-order valence-corrected chi connectivity index (χ2v) is 14.4. The van der Waals surface area contributed by atoms with Gasteiger partial charge < -0.3 is 10.0 Å². The van der Waals surface area contributed by atoms with Crippen LogP contribution in [0.15, 0.2) is 4.99 Å². The standard InChI is InChI=1S/C40H80N2O.ClH/c1-4-6-8-10-12-14-16-18-20-22-24-26-28-30-32-34-39(40(38(3)43)42-36-35-41-37-42)33-31-29-27-25-23-21-19-17-15-13-11-9-7-5-2;/h37-40,43H,4-36H2,1-3H3;1H. The lowest BCUT2D eigenvalue weighted by Gasteiger charge is -2.36. The molecule has 1 N–H and O–H groups in total. The van der Waals surface area contributed by atoms with Gasteiger partial charge in [-0.3, -0.25) is 4.99 Å². The van der Waals surface area contributed by atoms with Gasteiger partial charge in [-0.05, 0) is 25.7 Å². The third kappa shape index (κ3) is 25.9. The molecule has 1 heterocycles. The molecule has 0 bridgehead atoms. The minimum absolute atomic E-state index is 0. The summed E-state index contributed by atoms with van der Waals surface area (Å²) in [6.45, 7) is 8.51. The molecule has 0 saturated carbocycles. The molecule has 3 nitrogen and oxygen atoms in total. The van der Waals surface area contributed by atoms with Crippen molar-refractivity contribution in [3.05, 3.63) is 0 Å². The molecule has 0 aromatic heterocycles. The van der Waals surface area contributed by atoms with Gasteiger partial charge in [-0.2, -0.15) is 0 Å². The quantitative estimate of drug-likeness (QED) is 0.0710. The van der Waals surface area contributed by atoms with Crippen LogP contribution in [0.3, 0.4) is 0 Å². The first kappa shape index (κ1) is 43.7. The van der Waals surface area contributed by atoms with E-state index in [9.17, 15) is 5.11 Å². The van der Waals surface area contributed by atoms with Gasteiger partial charge in [-0.1, -0.05) is 200 Å². The highest BCUT2D eigenvalue weighted by atomic mass is 35.5. The molecule has 0 aromatic rings. The largest absolute Gasteiger partial charge is 0.391 e. The molecule has 1 aliphatic heterocycles. The minimum atomic E-state index is -0.280. The minimum Gasteiger partial charge on any atom is -0.391 e. The van der Waals surface area contributed by atoms with E-state index in [1.165, 1.54) is 199 Å². The molecule has 0 fully saturated rings. The summed E-state index contributed by atoms with van der Waals surface area (Å²) < 4.78 is 0. The molecule has 1 rings (SSSR count). The summed E-state index contributed by atoms with van der Waals surface area (Å²) in [5.41, 5.74) is 0. The van der Waals surface area contributed by atoms with E-state index in [1.807, 2.05) is 13.3 Å². The highest BCUT2D eigenvalue weighted by molar-refractivity contribution is 5.85. The number of hydrogen-bond acceptors (Lipinski definition) is 3. The Morgan fingerprint density at radius 2 is 0.818 bits per heavy atom. The van der Waals surface area contributed by atoms with Crippen LogP contribution in [-0.4, -0.2) is 41.6 Å². The van der Waals surface area contributed by atoms with E-state index in [0.29, 0.717) is 5.92 Å². The maximum atomic E-state index is 10.8. The van der Waals surface area contributed by atoms with Crippen LogP contribution >= 0.6 is 12.4 Å². The topological polar surface area (TPSA) is 35.8 Å². The van der Waals surface area contributed by atoms with E-state index in [-0.39, 0.29) is 24.6 Å². The predicted octanol–water partition coefficient (Wildman–Crippen LogP) is 13.3. The average molecular weight is 642 g/mol. The van der Waals surface area contributed by atoms with Gasteiger partial charge in [0.2, 0.25) is 0 Å². The first-order chi connectivity index (χ1) is 21.2. The van der Waals surface area contributed by atoms with Crippen molar-refractivity contribution >= 4 is 18.7 Å². The highest BCUT2D eigenvalue weighted by Crippen LogP contribution is 2.28. The van der Waals surface area contributed by atoms with Crippen LogP contribution in [0.5, 0.6) is 0 Å². The zero-order valence-corrected chi connectivity index (χ0v) is 31.2. The van der Waals surface area contributed by atoms with E-state index in [1.54, 1.807) is 0 Å². The van der Waals surface area contributed by atoms with Crippen LogP contribution in [0.1, 0.15) is 220 Å². The number of hydrogen-bond donors (Lipinski definition) is 1. The van der Waals surface area contributed by atoms with Gasteiger partial charge in [-0.15, -0.1) is 12.4 Å². The maximum absolute atomic E-state index is 10.8. The Morgan fingerprint density at radius 3 is 1.07 bits per heavy atom. The average Bonchev–Trinajstić information content (AvgIpc) is 3.53. The normalized spacial score (nSPS) is 15.0. The molecule has 3 unspecified atom stereocenters. The smallest absolute Gasteiger partial charge is 0.0854 e. The third-order valence-electron chi connectivity index (χ3n) is 10.2. The molecular weight excluding hydrogens is 560 g/mol. The van der Waals surface area contributed by atoms with Gasteiger partial charge in [0.1, 0.15) is 0 Å². The van der Waals surface area contributed by atoms with Crippen LogP contribution < -0.4 is 0 Å². The van der Waals surface area contributed by atoms with Crippen molar-refractivity contribution in [2.24, 2.45) is 10.9 Å². The van der Waals surface area contributed by atoms with E-state index in [2.05, 4.69) is 23.7 Å². The molecule has 0 aliphatic carbocycles. The number of nitrogens with zero attached hydrogens (tertiary/aromatic N) is 2. The Morgan fingerprint density at radius 1 is 0.523 bits per heavy atom. The van der Waals surface area contributed by atoms with Crippen molar-refractivity contribution in [3.8, 4) is 0 Å². The fraction of sp³-hybridized carbons (Fsp3) is 0.975. The van der Waals surface area contributed by atoms with Crippen LogP contribution in [0.25, 0.3) is 0 Å². The lowest BCUT2D eigenvalue weighted by atomic mass is 9.85. The fourth-order valence-electron chi connectivity index (χ4n) is 7.43.